The van der Waals surface area contributed by atoms with Crippen LogP contribution < -0.4 is 0 Å². The average molecular weight is 614 g/mol. The summed E-state index contributed by atoms with van der Waals surface area (Å²) in [4.78, 5) is 44.1. The number of nitrogens with zero attached hydrogens (tertiary/aromatic N) is 1. The van der Waals surface area contributed by atoms with E-state index in [1.807, 2.05) is 0 Å². The van der Waals surface area contributed by atoms with Gasteiger partial charge in [0.1, 0.15) is 17.7 Å². The van der Waals surface area contributed by atoms with Crippen LogP contribution in [0.1, 0.15) is 42.2 Å². The predicted octanol–water partition coefficient (Wildman–Crippen LogP) is 6.70. The van der Waals surface area contributed by atoms with Crippen LogP contribution in [-0.2, 0) is 18.9 Å². The van der Waals surface area contributed by atoms with Crippen molar-refractivity contribution in [1.82, 2.24) is 4.98 Å². The molecule has 5 aromatic rings. The Bertz CT molecular complexity index is 1750. The second-order valence-electron chi connectivity index (χ2n) is 9.70. The third-order valence-electron chi connectivity index (χ3n) is 6.81. The standard InChI is InChI=1S/C33H24ClNO7S/c34-23-16-17-24-26(18-23)43-30(35-24)29-28(42-33(38)22-14-8-3-9-15-22)27(41-32(37)21-12-6-2-7-13-21)25(40-29)19-39-31(36)20-10-4-1-5-11-20/h1-18,25,27-29H,19H2/t25-,27-,28-,29-/m1/s1. The van der Waals surface area contributed by atoms with Gasteiger partial charge >= 0.3 is 17.9 Å². The molecule has 0 spiro atoms. The molecular formula is C33H24ClNO7S. The lowest BCUT2D eigenvalue weighted by molar-refractivity contribution is -0.0450. The van der Waals surface area contributed by atoms with Gasteiger partial charge in [0, 0.05) is 5.02 Å². The van der Waals surface area contributed by atoms with Crippen molar-refractivity contribution in [3.8, 4) is 0 Å². The summed E-state index contributed by atoms with van der Waals surface area (Å²) in [6.07, 6.45) is -4.16. The van der Waals surface area contributed by atoms with Crippen LogP contribution in [0.2, 0.25) is 5.02 Å². The van der Waals surface area contributed by atoms with Crippen molar-refractivity contribution in [3.63, 3.8) is 0 Å². The highest BCUT2D eigenvalue weighted by Gasteiger charge is 2.52. The highest BCUT2D eigenvalue weighted by Crippen LogP contribution is 2.41. The molecule has 0 bridgehead atoms. The Morgan fingerprint density at radius 2 is 1.26 bits per heavy atom. The van der Waals surface area contributed by atoms with Crippen LogP contribution in [-0.4, -0.2) is 47.8 Å². The number of rotatable bonds is 8. The molecule has 1 aliphatic heterocycles. The minimum absolute atomic E-state index is 0.271. The van der Waals surface area contributed by atoms with E-state index in [4.69, 9.17) is 35.5 Å². The second kappa shape index (κ2) is 12.7. The first kappa shape index (κ1) is 28.5. The van der Waals surface area contributed by atoms with E-state index >= 15 is 0 Å². The second-order valence-corrected chi connectivity index (χ2v) is 11.2. The SMILES string of the molecule is O=C(OC[C@H]1O[C@@H](c2nc3ccc(Cl)cc3s2)[C@H](OC(=O)c2ccccc2)[C@@H]1OC(=O)c1ccccc1)c1ccccc1. The van der Waals surface area contributed by atoms with Crippen molar-refractivity contribution < 1.29 is 33.3 Å². The summed E-state index contributed by atoms with van der Waals surface area (Å²) in [5, 5.41) is 1.03. The Morgan fingerprint density at radius 1 is 0.721 bits per heavy atom. The van der Waals surface area contributed by atoms with Crippen LogP contribution in [0, 0.1) is 0 Å². The molecule has 10 heteroatoms. The van der Waals surface area contributed by atoms with Crippen LogP contribution in [0.3, 0.4) is 0 Å². The number of fused-ring (bicyclic) bond motifs is 1. The van der Waals surface area contributed by atoms with Crippen molar-refractivity contribution in [2.24, 2.45) is 0 Å². The van der Waals surface area contributed by atoms with Gasteiger partial charge in [0.05, 0.1) is 26.9 Å². The van der Waals surface area contributed by atoms with E-state index < -0.39 is 42.3 Å². The Hall–Kier alpha value is -4.57. The molecule has 4 aromatic carbocycles. The highest BCUT2D eigenvalue weighted by molar-refractivity contribution is 7.18. The maximum Gasteiger partial charge on any atom is 0.338 e. The van der Waals surface area contributed by atoms with Gasteiger partial charge in [0.15, 0.2) is 18.3 Å². The van der Waals surface area contributed by atoms with Crippen molar-refractivity contribution in [2.75, 3.05) is 6.61 Å². The Morgan fingerprint density at radius 3 is 1.84 bits per heavy atom. The third-order valence-corrected chi connectivity index (χ3v) is 8.13. The van der Waals surface area contributed by atoms with Gasteiger partial charge in [-0.2, -0.15) is 0 Å². The molecule has 0 N–H and O–H groups in total. The summed E-state index contributed by atoms with van der Waals surface area (Å²) >= 11 is 7.52. The number of aromatic nitrogens is 1. The van der Waals surface area contributed by atoms with E-state index in [1.165, 1.54) is 11.3 Å². The van der Waals surface area contributed by atoms with Crippen LogP contribution in [0.5, 0.6) is 0 Å². The van der Waals surface area contributed by atoms with Gasteiger partial charge in [0.2, 0.25) is 0 Å². The maximum absolute atomic E-state index is 13.3. The predicted molar refractivity (Wildman–Crippen MR) is 160 cm³/mol. The van der Waals surface area contributed by atoms with Crippen molar-refractivity contribution >= 4 is 51.1 Å². The molecular weight excluding hydrogens is 590 g/mol. The van der Waals surface area contributed by atoms with Gasteiger partial charge in [-0.1, -0.05) is 66.2 Å². The number of hydrogen-bond acceptors (Lipinski definition) is 9. The van der Waals surface area contributed by atoms with E-state index in [0.717, 1.165) is 4.70 Å². The molecule has 1 aromatic heterocycles. The molecule has 1 fully saturated rings. The summed E-state index contributed by atoms with van der Waals surface area (Å²) in [5.74, 6) is -1.86. The zero-order valence-corrected chi connectivity index (χ0v) is 24.1. The van der Waals surface area contributed by atoms with E-state index in [1.54, 1.807) is 109 Å². The zero-order valence-electron chi connectivity index (χ0n) is 22.5. The minimum atomic E-state index is -1.13. The summed E-state index contributed by atoms with van der Waals surface area (Å²) in [5.41, 5.74) is 1.64. The number of benzene rings is 4. The van der Waals surface area contributed by atoms with Gasteiger partial charge in [-0.05, 0) is 54.6 Å². The third kappa shape index (κ3) is 6.44. The van der Waals surface area contributed by atoms with Gasteiger partial charge < -0.3 is 18.9 Å². The molecule has 4 atom stereocenters. The summed E-state index contributed by atoms with van der Waals surface area (Å²) < 4.78 is 24.8. The summed E-state index contributed by atoms with van der Waals surface area (Å²) in [6, 6.07) is 30.7. The van der Waals surface area contributed by atoms with E-state index in [2.05, 4.69) is 0 Å². The molecule has 0 aliphatic carbocycles. The molecule has 8 nitrogen and oxygen atoms in total. The van der Waals surface area contributed by atoms with Gasteiger partial charge in [0.25, 0.3) is 0 Å². The monoisotopic (exact) mass is 613 g/mol. The first-order valence-corrected chi connectivity index (χ1v) is 14.6. The Labute approximate surface area is 255 Å². The fraction of sp³-hybridized carbons (Fsp3) is 0.152. The zero-order chi connectivity index (χ0) is 29.8. The average Bonchev–Trinajstić information content (AvgIpc) is 3.61. The maximum atomic E-state index is 13.3. The van der Waals surface area contributed by atoms with Crippen molar-refractivity contribution in [1.29, 1.82) is 0 Å². The molecule has 0 unspecified atom stereocenters. The number of esters is 3. The number of carbonyl (C=O) groups excluding carboxylic acids is 3. The lowest BCUT2D eigenvalue weighted by Crippen LogP contribution is -2.40. The van der Waals surface area contributed by atoms with Gasteiger partial charge in [-0.15, -0.1) is 11.3 Å². The van der Waals surface area contributed by atoms with E-state index in [-0.39, 0.29) is 6.61 Å². The molecule has 0 amide bonds. The number of halogens is 1. The topological polar surface area (TPSA) is 101 Å². The lowest BCUT2D eigenvalue weighted by atomic mass is 10.1. The first-order valence-electron chi connectivity index (χ1n) is 13.4. The van der Waals surface area contributed by atoms with Crippen molar-refractivity contribution in [3.05, 3.63) is 136 Å². The molecule has 216 valence electrons. The lowest BCUT2D eigenvalue weighted by Gasteiger charge is -2.24. The smallest absolute Gasteiger partial charge is 0.338 e. The van der Waals surface area contributed by atoms with E-state index in [0.29, 0.717) is 32.2 Å². The number of ether oxygens (including phenoxy) is 4. The molecule has 2 heterocycles. The largest absolute Gasteiger partial charge is 0.459 e. The van der Waals surface area contributed by atoms with Crippen LogP contribution in [0.25, 0.3) is 10.2 Å². The molecule has 0 saturated carbocycles. The molecule has 1 saturated heterocycles. The number of thiazole rings is 1. The molecule has 1 aliphatic rings. The fourth-order valence-corrected chi connectivity index (χ4v) is 6.03. The van der Waals surface area contributed by atoms with E-state index in [9.17, 15) is 14.4 Å². The van der Waals surface area contributed by atoms with Crippen LogP contribution in [0.15, 0.2) is 109 Å². The number of carbonyl (C=O) groups is 3. The highest BCUT2D eigenvalue weighted by atomic mass is 35.5. The Kier molecular flexibility index (Phi) is 8.46. The summed E-state index contributed by atoms with van der Waals surface area (Å²) in [6.45, 7) is -0.271. The fourth-order valence-electron chi connectivity index (χ4n) is 4.72. The molecule has 43 heavy (non-hydrogen) atoms. The first-order chi connectivity index (χ1) is 21.0. The van der Waals surface area contributed by atoms with Crippen LogP contribution in [0.4, 0.5) is 0 Å². The molecule has 0 radical (unpaired) electrons. The molecule has 6 rings (SSSR count). The van der Waals surface area contributed by atoms with Crippen molar-refractivity contribution in [2.45, 2.75) is 24.4 Å². The minimum Gasteiger partial charge on any atom is -0.459 e. The van der Waals surface area contributed by atoms with Crippen LogP contribution >= 0.6 is 22.9 Å². The number of hydrogen-bond donors (Lipinski definition) is 0. The normalized spacial score (nSPS) is 19.6. The Balaban J connectivity index is 1.35. The summed E-state index contributed by atoms with van der Waals surface area (Å²) in [7, 11) is 0. The van der Waals surface area contributed by atoms with Gasteiger partial charge in [-0.25, -0.2) is 19.4 Å². The van der Waals surface area contributed by atoms with Gasteiger partial charge in [-0.3, -0.25) is 0 Å². The quantitative estimate of drug-likeness (QED) is 0.141.